The molecular weight excluding hydrogens is 267 g/mol. The third-order valence-corrected chi connectivity index (χ3v) is 4.70. The molecule has 0 radical (unpaired) electrons. The van der Waals surface area contributed by atoms with Gasteiger partial charge in [0.25, 0.3) is 0 Å². The van der Waals surface area contributed by atoms with E-state index in [2.05, 4.69) is 6.92 Å². The average molecular weight is 287 g/mol. The van der Waals surface area contributed by atoms with Crippen molar-refractivity contribution in [2.75, 3.05) is 0 Å². The molecule has 1 aromatic carbocycles. The lowest BCUT2D eigenvalue weighted by Crippen LogP contribution is -2.21. The normalized spacial score (nSPS) is 26.0. The molecule has 0 heterocycles. The Morgan fingerprint density at radius 1 is 1.33 bits per heavy atom. The van der Waals surface area contributed by atoms with Gasteiger partial charge in [-0.05, 0) is 42.9 Å². The van der Waals surface area contributed by atoms with Crippen molar-refractivity contribution < 1.29 is 5.11 Å². The molecule has 0 aliphatic heterocycles. The van der Waals surface area contributed by atoms with Crippen LogP contribution in [0.15, 0.2) is 18.2 Å². The lowest BCUT2D eigenvalue weighted by atomic mass is 9.76. The number of aliphatic hydroxyl groups excluding tert-OH is 1. The Kier molecular flexibility index (Phi) is 4.94. The van der Waals surface area contributed by atoms with Crippen LogP contribution < -0.4 is 0 Å². The summed E-state index contributed by atoms with van der Waals surface area (Å²) in [4.78, 5) is 0. The van der Waals surface area contributed by atoms with Crippen molar-refractivity contribution in [2.24, 2.45) is 11.8 Å². The Morgan fingerprint density at radius 3 is 2.83 bits per heavy atom. The van der Waals surface area contributed by atoms with E-state index >= 15 is 0 Å². The lowest BCUT2D eigenvalue weighted by molar-refractivity contribution is 0.0679. The van der Waals surface area contributed by atoms with E-state index in [-0.39, 0.29) is 0 Å². The van der Waals surface area contributed by atoms with Crippen LogP contribution in [0.2, 0.25) is 10.0 Å². The summed E-state index contributed by atoms with van der Waals surface area (Å²) in [5, 5.41) is 11.8. The molecule has 1 saturated carbocycles. The Balaban J connectivity index is 2.14. The van der Waals surface area contributed by atoms with Crippen molar-refractivity contribution in [3.63, 3.8) is 0 Å². The van der Waals surface area contributed by atoms with Gasteiger partial charge in [-0.15, -0.1) is 0 Å². The van der Waals surface area contributed by atoms with Gasteiger partial charge in [0.1, 0.15) is 0 Å². The first-order valence-corrected chi connectivity index (χ1v) is 7.50. The minimum atomic E-state index is -0.481. The second-order valence-electron chi connectivity index (χ2n) is 5.31. The number of hydrogen-bond acceptors (Lipinski definition) is 1. The van der Waals surface area contributed by atoms with Crippen LogP contribution in [0.1, 0.15) is 50.7 Å². The van der Waals surface area contributed by atoms with Crippen molar-refractivity contribution in [1.82, 2.24) is 0 Å². The fraction of sp³-hybridized carbons (Fsp3) is 0.600. The molecular formula is C15H20Cl2O. The van der Waals surface area contributed by atoms with Gasteiger partial charge in [-0.2, -0.15) is 0 Å². The fourth-order valence-electron chi connectivity index (χ4n) is 2.99. The highest BCUT2D eigenvalue weighted by molar-refractivity contribution is 6.33. The van der Waals surface area contributed by atoms with Gasteiger partial charge in [-0.1, -0.05) is 49.4 Å². The third-order valence-electron chi connectivity index (χ3n) is 4.12. The predicted molar refractivity (Wildman–Crippen MR) is 77.2 cm³/mol. The quantitative estimate of drug-likeness (QED) is 0.805. The van der Waals surface area contributed by atoms with Crippen LogP contribution >= 0.6 is 23.2 Å². The van der Waals surface area contributed by atoms with Crippen LogP contribution in [0.4, 0.5) is 0 Å². The van der Waals surface area contributed by atoms with E-state index in [1.165, 1.54) is 19.3 Å². The Hall–Kier alpha value is -0.240. The third kappa shape index (κ3) is 3.20. The highest BCUT2D eigenvalue weighted by Gasteiger charge is 2.28. The molecule has 1 aliphatic carbocycles. The van der Waals surface area contributed by atoms with Gasteiger partial charge in [0.05, 0.1) is 6.10 Å². The van der Waals surface area contributed by atoms with Gasteiger partial charge >= 0.3 is 0 Å². The summed E-state index contributed by atoms with van der Waals surface area (Å²) in [7, 11) is 0. The number of aliphatic hydroxyl groups is 1. The van der Waals surface area contributed by atoms with Crippen LogP contribution in [0, 0.1) is 11.8 Å². The first-order valence-electron chi connectivity index (χ1n) is 6.74. The summed E-state index contributed by atoms with van der Waals surface area (Å²) < 4.78 is 0. The molecule has 1 fully saturated rings. The first kappa shape index (κ1) is 14.2. The monoisotopic (exact) mass is 286 g/mol. The molecule has 1 aliphatic rings. The van der Waals surface area contributed by atoms with Crippen LogP contribution in [-0.2, 0) is 0 Å². The minimum Gasteiger partial charge on any atom is -0.388 e. The van der Waals surface area contributed by atoms with E-state index in [1.807, 2.05) is 0 Å². The molecule has 3 unspecified atom stereocenters. The van der Waals surface area contributed by atoms with E-state index in [9.17, 15) is 5.11 Å². The second kappa shape index (κ2) is 6.27. The average Bonchev–Trinajstić information content (AvgIpc) is 2.41. The summed E-state index contributed by atoms with van der Waals surface area (Å²) >= 11 is 12.1. The second-order valence-corrected chi connectivity index (χ2v) is 6.16. The smallest absolute Gasteiger partial charge is 0.0833 e. The van der Waals surface area contributed by atoms with Crippen LogP contribution in [0.25, 0.3) is 0 Å². The van der Waals surface area contributed by atoms with Gasteiger partial charge in [-0.3, -0.25) is 0 Å². The Labute approximate surface area is 119 Å². The van der Waals surface area contributed by atoms with E-state index in [0.29, 0.717) is 16.0 Å². The summed E-state index contributed by atoms with van der Waals surface area (Å²) in [6.45, 7) is 2.23. The molecule has 0 spiro atoms. The van der Waals surface area contributed by atoms with E-state index in [0.717, 1.165) is 24.3 Å². The maximum absolute atomic E-state index is 10.5. The van der Waals surface area contributed by atoms with E-state index in [4.69, 9.17) is 23.2 Å². The van der Waals surface area contributed by atoms with Crippen LogP contribution in [-0.4, -0.2) is 5.11 Å². The molecule has 1 nitrogen and oxygen atoms in total. The number of benzene rings is 1. The minimum absolute atomic E-state index is 0.319. The molecule has 0 bridgehead atoms. The van der Waals surface area contributed by atoms with Crippen molar-refractivity contribution in [3.8, 4) is 0 Å². The molecule has 1 aromatic rings. The van der Waals surface area contributed by atoms with Gasteiger partial charge < -0.3 is 5.11 Å². The maximum Gasteiger partial charge on any atom is 0.0833 e. The fourth-order valence-corrected chi connectivity index (χ4v) is 3.40. The zero-order valence-corrected chi connectivity index (χ0v) is 12.2. The van der Waals surface area contributed by atoms with Crippen molar-refractivity contribution >= 4 is 23.2 Å². The number of rotatable bonds is 3. The Bertz CT molecular complexity index is 405. The number of hydrogen-bond donors (Lipinski definition) is 1. The molecule has 0 saturated heterocycles. The van der Waals surface area contributed by atoms with Crippen LogP contribution in [0.3, 0.4) is 0 Å². The molecule has 2 rings (SSSR count). The predicted octanol–water partition coefficient (Wildman–Crippen LogP) is 5.24. The molecule has 100 valence electrons. The van der Waals surface area contributed by atoms with Gasteiger partial charge in [0, 0.05) is 15.6 Å². The summed E-state index contributed by atoms with van der Waals surface area (Å²) in [5.41, 5.74) is 0.783. The summed E-state index contributed by atoms with van der Waals surface area (Å²) in [6.07, 6.45) is 5.40. The van der Waals surface area contributed by atoms with Gasteiger partial charge in [-0.25, -0.2) is 0 Å². The molecule has 0 amide bonds. The van der Waals surface area contributed by atoms with Crippen molar-refractivity contribution in [3.05, 3.63) is 33.8 Å². The lowest BCUT2D eigenvalue weighted by Gasteiger charge is -2.32. The zero-order chi connectivity index (χ0) is 13.1. The van der Waals surface area contributed by atoms with Crippen molar-refractivity contribution in [2.45, 2.75) is 45.1 Å². The standard InChI is InChI=1S/C15H20Cl2O/c1-2-10-4-3-5-11(8-10)15(18)13-9-12(16)6-7-14(13)17/h6-7,9-11,15,18H,2-5,8H2,1H3. The molecule has 1 N–H and O–H groups in total. The summed E-state index contributed by atoms with van der Waals surface area (Å²) in [6, 6.07) is 5.32. The highest BCUT2D eigenvalue weighted by atomic mass is 35.5. The first-order chi connectivity index (χ1) is 8.61. The number of halogens is 2. The zero-order valence-electron chi connectivity index (χ0n) is 10.7. The largest absolute Gasteiger partial charge is 0.388 e. The van der Waals surface area contributed by atoms with Gasteiger partial charge in [0.2, 0.25) is 0 Å². The topological polar surface area (TPSA) is 20.2 Å². The molecule has 3 atom stereocenters. The van der Waals surface area contributed by atoms with E-state index in [1.54, 1.807) is 18.2 Å². The maximum atomic E-state index is 10.5. The molecule has 0 aromatic heterocycles. The summed E-state index contributed by atoms with van der Waals surface area (Å²) in [5.74, 6) is 1.07. The van der Waals surface area contributed by atoms with Crippen molar-refractivity contribution in [1.29, 1.82) is 0 Å². The Morgan fingerprint density at radius 2 is 2.11 bits per heavy atom. The molecule has 18 heavy (non-hydrogen) atoms. The highest BCUT2D eigenvalue weighted by Crippen LogP contribution is 2.40. The van der Waals surface area contributed by atoms with Crippen LogP contribution in [0.5, 0.6) is 0 Å². The van der Waals surface area contributed by atoms with E-state index < -0.39 is 6.10 Å². The van der Waals surface area contributed by atoms with Gasteiger partial charge in [0.15, 0.2) is 0 Å². The SMILES string of the molecule is CCC1CCCC(C(O)c2cc(Cl)ccc2Cl)C1. The molecule has 3 heteroatoms.